The molecule has 0 aliphatic carbocycles. The van der Waals surface area contributed by atoms with Crippen molar-refractivity contribution in [2.75, 3.05) is 85.3 Å². The molecule has 0 unspecified atom stereocenters. The van der Waals surface area contributed by atoms with Crippen LogP contribution in [0.1, 0.15) is 41.4 Å². The van der Waals surface area contributed by atoms with Crippen molar-refractivity contribution in [1.29, 1.82) is 0 Å². The van der Waals surface area contributed by atoms with Gasteiger partial charge < -0.3 is 51.1 Å². The highest BCUT2D eigenvalue weighted by Crippen LogP contribution is 2.45. The Bertz CT molecular complexity index is 2800. The number of para-hydroxylation sites is 4. The van der Waals surface area contributed by atoms with Crippen LogP contribution in [-0.2, 0) is 9.59 Å². The molecule has 4 aliphatic heterocycles. The number of carboxylic acid groups (broad SMARTS) is 2. The molecule has 4 aliphatic rings. The predicted molar refractivity (Wildman–Crippen MR) is 251 cm³/mol. The number of carbonyl (C=O) groups excluding carboxylic acids is 8. The quantitative estimate of drug-likeness (QED) is 0.0935. The Labute approximate surface area is 407 Å². The summed E-state index contributed by atoms with van der Waals surface area (Å²) in [6.07, 6.45) is 0. The number of anilines is 4. The average molecular weight is 989 g/mol. The monoisotopic (exact) mass is 988 g/mol. The van der Waals surface area contributed by atoms with Gasteiger partial charge in [-0.25, -0.2) is 19.2 Å². The first-order chi connectivity index (χ1) is 34.6. The van der Waals surface area contributed by atoms with E-state index in [9.17, 15) is 68.4 Å². The molecule has 0 fully saturated rings. The molecule has 0 atom stereocenters. The second-order valence-electron chi connectivity index (χ2n) is 15.7. The van der Waals surface area contributed by atoms with Crippen LogP contribution in [-0.4, -0.2) is 165 Å². The number of nitrogens with zero attached hydrogens (tertiary/aromatic N) is 6. The number of urea groups is 4. The van der Waals surface area contributed by atoms with Crippen molar-refractivity contribution in [3.8, 4) is 0 Å². The van der Waals surface area contributed by atoms with Crippen molar-refractivity contribution in [3.05, 3.63) is 142 Å². The van der Waals surface area contributed by atoms with Crippen LogP contribution < -0.4 is 30.2 Å². The number of amides is 8. The molecule has 372 valence electrons. The highest BCUT2D eigenvalue weighted by molar-refractivity contribution is 6.35. The Hall–Kier alpha value is -9.10. The molecule has 4 aromatic rings. The summed E-state index contributed by atoms with van der Waals surface area (Å²) < 4.78 is 0. The number of aliphatic hydroxyl groups is 4. The van der Waals surface area contributed by atoms with Crippen LogP contribution >= 0.6 is 0 Å². The van der Waals surface area contributed by atoms with E-state index >= 15 is 0 Å². The number of nitrogens with one attached hydrogen (secondary N) is 2. The maximum absolute atomic E-state index is 13.8. The van der Waals surface area contributed by atoms with Crippen molar-refractivity contribution >= 4 is 81.9 Å². The molecule has 0 spiro atoms. The zero-order valence-electron chi connectivity index (χ0n) is 37.8. The van der Waals surface area contributed by atoms with E-state index in [4.69, 9.17) is 10.2 Å². The summed E-state index contributed by atoms with van der Waals surface area (Å²) in [5.41, 5.74) is -0.680. The van der Waals surface area contributed by atoms with Crippen molar-refractivity contribution in [3.63, 3.8) is 0 Å². The minimum Gasteiger partial charge on any atom is -0.480 e. The summed E-state index contributed by atoms with van der Waals surface area (Å²) in [5.74, 6) is -5.47. The molecule has 4 aromatic carbocycles. The minimum atomic E-state index is -1.33. The van der Waals surface area contributed by atoms with Gasteiger partial charge in [0.05, 0.1) is 49.2 Å². The number of hydrogen-bond acceptors (Lipinski definition) is 14. The molecule has 0 aromatic heterocycles. The molecule has 0 radical (unpaired) electrons. The lowest BCUT2D eigenvalue weighted by molar-refractivity contribution is -0.136. The molecule has 4 heterocycles. The van der Waals surface area contributed by atoms with Crippen LogP contribution in [0.2, 0.25) is 0 Å². The summed E-state index contributed by atoms with van der Waals surface area (Å²) in [4.78, 5) is 136. The molecule has 72 heavy (non-hydrogen) atoms. The molecule has 8 amide bonds. The largest absolute Gasteiger partial charge is 0.480 e. The van der Waals surface area contributed by atoms with E-state index in [0.29, 0.717) is 0 Å². The lowest BCUT2D eigenvalue weighted by Crippen LogP contribution is -2.48. The van der Waals surface area contributed by atoms with Gasteiger partial charge in [-0.1, -0.05) is 48.5 Å². The van der Waals surface area contributed by atoms with Gasteiger partial charge in [0, 0.05) is 48.4 Å². The van der Waals surface area contributed by atoms with E-state index in [1.54, 1.807) is 48.5 Å². The summed E-state index contributed by atoms with van der Waals surface area (Å²) in [6.45, 7) is -3.74. The molecular formula is C48H44N8O16. The molecular weight excluding hydrogens is 945 g/mol. The maximum Gasteiger partial charge on any atom is 0.329 e. The number of fused-ring (bicyclic) bond motifs is 4. The van der Waals surface area contributed by atoms with Crippen molar-refractivity contribution < 1.29 is 78.6 Å². The SMILES string of the molecule is O=C(O)CNC(=O)N1/C(=C2\C(=O)c3ccccc3N2C(=O)NCC(=O)O)C(=O)c2ccccc21.O=C1/C(=C2/C(=O)c3ccccc3N2C(=O)N(CCO)CCO)N(C(=O)N(CCO)CCO)c2ccccc21. The number of rotatable bonds is 12. The first kappa shape index (κ1) is 50.8. The number of carboxylic acids is 2. The Kier molecular flexibility index (Phi) is 15.3. The Balaban J connectivity index is 0.000000213. The minimum absolute atomic E-state index is 0.0603. The van der Waals surface area contributed by atoms with Gasteiger partial charge in [0.2, 0.25) is 23.1 Å². The zero-order chi connectivity index (χ0) is 52.0. The third kappa shape index (κ3) is 9.35. The lowest BCUT2D eigenvalue weighted by atomic mass is 10.1. The van der Waals surface area contributed by atoms with E-state index in [1.807, 2.05) is 0 Å². The molecule has 0 saturated carbocycles. The number of Topliss-reactive ketones (excluding diaryl/α,β-unsaturated/α-hetero) is 4. The molecule has 24 heteroatoms. The third-order valence-corrected chi connectivity index (χ3v) is 11.4. The number of ketones is 4. The maximum atomic E-state index is 13.8. The molecule has 8 N–H and O–H groups in total. The summed E-state index contributed by atoms with van der Waals surface area (Å²) in [7, 11) is 0. The van der Waals surface area contributed by atoms with Crippen LogP contribution in [0, 0.1) is 0 Å². The third-order valence-electron chi connectivity index (χ3n) is 11.4. The van der Waals surface area contributed by atoms with Gasteiger partial charge in [0.1, 0.15) is 35.9 Å². The molecule has 0 saturated heterocycles. The number of carbonyl (C=O) groups is 10. The van der Waals surface area contributed by atoms with Gasteiger partial charge >= 0.3 is 36.1 Å². The number of benzene rings is 4. The predicted octanol–water partition coefficient (Wildman–Crippen LogP) is 1.61. The van der Waals surface area contributed by atoms with Crippen LogP contribution in [0.4, 0.5) is 41.9 Å². The first-order valence-electron chi connectivity index (χ1n) is 21.9. The fraction of sp³-hybridized carbons (Fsp3) is 0.208. The fourth-order valence-electron chi connectivity index (χ4n) is 8.35. The van der Waals surface area contributed by atoms with E-state index in [2.05, 4.69) is 10.6 Å². The molecule has 24 nitrogen and oxygen atoms in total. The lowest BCUT2D eigenvalue weighted by Gasteiger charge is -2.31. The van der Waals surface area contributed by atoms with Crippen molar-refractivity contribution in [1.82, 2.24) is 20.4 Å². The topological polar surface area (TPSA) is 336 Å². The van der Waals surface area contributed by atoms with E-state index in [1.165, 1.54) is 48.5 Å². The van der Waals surface area contributed by atoms with Gasteiger partial charge in [-0.3, -0.25) is 48.4 Å². The molecule has 8 rings (SSSR count). The highest BCUT2D eigenvalue weighted by Gasteiger charge is 2.49. The van der Waals surface area contributed by atoms with Gasteiger partial charge in [0.15, 0.2) is 0 Å². The van der Waals surface area contributed by atoms with Gasteiger partial charge in [-0.05, 0) is 48.5 Å². The van der Waals surface area contributed by atoms with E-state index < -0.39 is 110 Å². The van der Waals surface area contributed by atoms with E-state index in [0.717, 1.165) is 29.4 Å². The normalized spacial score (nSPS) is 16.2. The smallest absolute Gasteiger partial charge is 0.329 e. The van der Waals surface area contributed by atoms with Gasteiger partial charge in [0.25, 0.3) is 0 Å². The first-order valence-corrected chi connectivity index (χ1v) is 21.9. The zero-order valence-corrected chi connectivity index (χ0v) is 37.8. The van der Waals surface area contributed by atoms with Crippen LogP contribution in [0.5, 0.6) is 0 Å². The van der Waals surface area contributed by atoms with Gasteiger partial charge in [-0.15, -0.1) is 0 Å². The van der Waals surface area contributed by atoms with Crippen LogP contribution in [0.15, 0.2) is 120 Å². The van der Waals surface area contributed by atoms with Crippen LogP contribution in [0.25, 0.3) is 0 Å². The molecule has 0 bridgehead atoms. The van der Waals surface area contributed by atoms with Gasteiger partial charge in [-0.2, -0.15) is 0 Å². The Morgan fingerprint density at radius 2 is 0.625 bits per heavy atom. The number of aliphatic hydroxyl groups excluding tert-OH is 4. The average Bonchev–Trinajstić information content (AvgIpc) is 4.05. The highest BCUT2D eigenvalue weighted by atomic mass is 16.4. The second kappa shape index (κ2) is 21.7. The second-order valence-corrected chi connectivity index (χ2v) is 15.7. The van der Waals surface area contributed by atoms with Crippen molar-refractivity contribution in [2.24, 2.45) is 0 Å². The number of hydrogen-bond donors (Lipinski definition) is 8. The number of aliphatic carboxylic acids is 2. The Morgan fingerprint density at radius 1 is 0.389 bits per heavy atom. The van der Waals surface area contributed by atoms with E-state index in [-0.39, 0.29) is 82.6 Å². The summed E-state index contributed by atoms with van der Waals surface area (Å²) in [5, 5.41) is 60.1. The summed E-state index contributed by atoms with van der Waals surface area (Å²) in [6, 6.07) is 20.8. The van der Waals surface area contributed by atoms with Crippen LogP contribution in [0.3, 0.4) is 0 Å². The fourth-order valence-corrected chi connectivity index (χ4v) is 8.35. The summed E-state index contributed by atoms with van der Waals surface area (Å²) >= 11 is 0. The standard InChI is InChI=1S/C26H28N4O8.C22H16N4O8/c31-13-9-27(10-14-32)25(37)29-19-7-3-1-5-17(19)23(35)21(29)22-24(36)18-6-2-4-8-20(18)30(22)26(38)28(11-15-33)12-16-34;27-15(28)9-23-21(33)25-13-7-3-1-5-11(13)19(31)17(25)18-20(32)12-6-2-4-8-14(12)26(18)22(34)24-10-16(29)30/h1-8,31-34H,9-16H2;1-8H,9-10H2,(H,23,33)(H,24,34)(H,27,28)(H,29,30)/b22-21+;18-17+. The Morgan fingerprint density at radius 3 is 0.875 bits per heavy atom. The van der Waals surface area contributed by atoms with Crippen molar-refractivity contribution in [2.45, 2.75) is 0 Å². The number of allylic oxidation sites excluding steroid dienone is 4.